The first kappa shape index (κ1) is 26.7. The first-order chi connectivity index (χ1) is 12.7. The fourth-order valence-electron chi connectivity index (χ4n) is 2.17. The van der Waals surface area contributed by atoms with Crippen LogP contribution in [0.1, 0.15) is 39.2 Å². The van der Waals surface area contributed by atoms with E-state index in [1.165, 1.54) is 0 Å². The van der Waals surface area contributed by atoms with Crippen molar-refractivity contribution in [2.75, 3.05) is 12.8 Å². The van der Waals surface area contributed by atoms with Gasteiger partial charge in [-0.15, -0.1) is 0 Å². The Morgan fingerprint density at radius 3 is 2.39 bits per heavy atom. The molecular formula is C18H29LiN3O5P. The molecule has 0 fully saturated rings. The van der Waals surface area contributed by atoms with Gasteiger partial charge < -0.3 is 24.8 Å². The minimum atomic E-state index is -4.19. The van der Waals surface area contributed by atoms with Crippen molar-refractivity contribution in [2.24, 2.45) is 5.92 Å². The maximum atomic E-state index is 12.1. The number of ether oxygens (including phenoxy) is 1. The third-order valence-corrected chi connectivity index (χ3v) is 5.02. The van der Waals surface area contributed by atoms with Crippen molar-refractivity contribution in [3.63, 3.8) is 0 Å². The normalized spacial score (nSPS) is 13.8. The molecule has 2 atom stereocenters. The molecule has 1 aromatic carbocycles. The molecule has 28 heavy (non-hydrogen) atoms. The van der Waals surface area contributed by atoms with Crippen LogP contribution in [0.5, 0.6) is 0 Å². The number of benzene rings is 1. The van der Waals surface area contributed by atoms with E-state index in [1.807, 2.05) is 32.0 Å². The summed E-state index contributed by atoms with van der Waals surface area (Å²) >= 11 is 0. The third kappa shape index (κ3) is 11.5. The molecule has 0 aliphatic heterocycles. The van der Waals surface area contributed by atoms with Crippen molar-refractivity contribution in [3.8, 4) is 0 Å². The van der Waals surface area contributed by atoms with Gasteiger partial charge in [-0.25, -0.2) is 4.79 Å². The molecule has 10 heteroatoms. The van der Waals surface area contributed by atoms with Crippen molar-refractivity contribution in [1.29, 1.82) is 0 Å². The Kier molecular flexibility index (Phi) is 13.2. The van der Waals surface area contributed by atoms with E-state index in [0.29, 0.717) is 18.9 Å². The van der Waals surface area contributed by atoms with E-state index in [4.69, 9.17) is 4.74 Å². The molecule has 0 aromatic heterocycles. The van der Waals surface area contributed by atoms with Gasteiger partial charge in [0.2, 0.25) is 5.91 Å². The molecule has 0 saturated carbocycles. The summed E-state index contributed by atoms with van der Waals surface area (Å²) in [5, 5.41) is 7.23. The van der Waals surface area contributed by atoms with Crippen molar-refractivity contribution < 1.29 is 42.6 Å². The van der Waals surface area contributed by atoms with Gasteiger partial charge in [-0.2, -0.15) is 0 Å². The van der Waals surface area contributed by atoms with Crippen molar-refractivity contribution in [3.05, 3.63) is 35.9 Å². The second-order valence-electron chi connectivity index (χ2n) is 6.63. The van der Waals surface area contributed by atoms with Gasteiger partial charge in [-0.05, 0) is 24.3 Å². The largest absolute Gasteiger partial charge is 1.00 e. The van der Waals surface area contributed by atoms with E-state index < -0.39 is 25.9 Å². The van der Waals surface area contributed by atoms with Crippen molar-refractivity contribution in [2.45, 2.75) is 46.3 Å². The number of hydrogen-bond acceptors (Lipinski definition) is 5. The summed E-state index contributed by atoms with van der Waals surface area (Å²) in [4.78, 5) is 35.9. The van der Waals surface area contributed by atoms with E-state index in [2.05, 4.69) is 15.7 Å². The Hall–Kier alpha value is -1.29. The minimum Gasteiger partial charge on any atom is -0.787 e. The molecule has 0 saturated heterocycles. The van der Waals surface area contributed by atoms with Crippen LogP contribution in [-0.2, 0) is 20.7 Å². The summed E-state index contributed by atoms with van der Waals surface area (Å²) in [5.74, 6) is 0.0657. The van der Waals surface area contributed by atoms with Gasteiger partial charge in [-0.1, -0.05) is 51.1 Å². The molecular weight excluding hydrogens is 376 g/mol. The maximum Gasteiger partial charge on any atom is 1.00 e. The molecule has 0 bridgehead atoms. The van der Waals surface area contributed by atoms with Crippen LogP contribution >= 0.6 is 7.52 Å². The topological polar surface area (TPSA) is 120 Å². The zero-order valence-corrected chi connectivity index (χ0v) is 18.0. The number of carbonyl (C=O) groups is 2. The zero-order chi connectivity index (χ0) is 20.3. The molecule has 152 valence electrons. The number of hydrogen-bond donors (Lipinski definition) is 3. The number of nitrogens with one attached hydrogen (secondary N) is 3. The Bertz CT molecular complexity index is 645. The number of rotatable bonds is 11. The molecule has 8 nitrogen and oxygen atoms in total. The number of amides is 2. The average Bonchev–Trinajstić information content (AvgIpc) is 2.63. The van der Waals surface area contributed by atoms with Crippen LogP contribution in [-0.4, -0.2) is 30.9 Å². The molecule has 0 aliphatic carbocycles. The molecule has 0 radical (unpaired) electrons. The molecule has 1 aromatic rings. The van der Waals surface area contributed by atoms with Gasteiger partial charge in [0, 0.05) is 6.54 Å². The average molecular weight is 405 g/mol. The monoisotopic (exact) mass is 405 g/mol. The van der Waals surface area contributed by atoms with E-state index in [-0.39, 0.29) is 31.4 Å². The van der Waals surface area contributed by atoms with E-state index in [1.54, 1.807) is 19.1 Å². The van der Waals surface area contributed by atoms with Crippen LogP contribution < -0.4 is 39.5 Å². The van der Waals surface area contributed by atoms with E-state index in [9.17, 15) is 19.0 Å². The molecule has 2 amide bonds. The maximum absolute atomic E-state index is 12.1. The summed E-state index contributed by atoms with van der Waals surface area (Å²) in [5.41, 5.74) is 0.792. The third-order valence-electron chi connectivity index (χ3n) is 3.74. The van der Waals surface area contributed by atoms with Crippen LogP contribution in [0.2, 0.25) is 0 Å². The summed E-state index contributed by atoms with van der Waals surface area (Å²) in [6, 6.07) is 8.16. The smallest absolute Gasteiger partial charge is 0.787 e. The summed E-state index contributed by atoms with van der Waals surface area (Å²) in [6.45, 7) is 6.31. The number of carbonyl (C=O) groups excluding carboxylic acids is 2. The number of alkyl carbamates (subject to hydrolysis) is 1. The van der Waals surface area contributed by atoms with E-state index in [0.717, 1.165) is 12.0 Å². The molecule has 1 rings (SSSR count). The second-order valence-corrected chi connectivity index (χ2v) is 8.55. The van der Waals surface area contributed by atoms with Gasteiger partial charge in [-0.3, -0.25) is 9.88 Å². The van der Waals surface area contributed by atoms with Gasteiger partial charge in [0.1, 0.15) is 6.61 Å². The Balaban J connectivity index is 0.00000729. The molecule has 0 aliphatic rings. The van der Waals surface area contributed by atoms with Crippen molar-refractivity contribution >= 4 is 19.5 Å². The zero-order valence-electron chi connectivity index (χ0n) is 17.1. The van der Waals surface area contributed by atoms with Gasteiger partial charge in [0.05, 0.1) is 19.8 Å². The van der Waals surface area contributed by atoms with Crippen LogP contribution in [0.15, 0.2) is 30.3 Å². The Labute approximate surface area is 178 Å². The Morgan fingerprint density at radius 1 is 1.18 bits per heavy atom. The molecule has 3 N–H and O–H groups in total. The first-order valence-corrected chi connectivity index (χ1v) is 10.8. The van der Waals surface area contributed by atoms with Gasteiger partial charge >= 0.3 is 25.0 Å². The predicted octanol–water partition coefficient (Wildman–Crippen LogP) is -1.04. The van der Waals surface area contributed by atoms with Gasteiger partial charge in [0.15, 0.2) is 0 Å². The predicted molar refractivity (Wildman–Crippen MR) is 102 cm³/mol. The summed E-state index contributed by atoms with van der Waals surface area (Å²) < 4.78 is 17.1. The first-order valence-electron chi connectivity index (χ1n) is 9.03. The summed E-state index contributed by atoms with van der Waals surface area (Å²) in [7, 11) is -4.19. The standard InChI is InChI=1S/C18H30N3O5P.Li/c1-4-16(17(22)19-11-10-14(2)3)21-27(24,25)13-20-18(23)26-12-15-8-6-5-7-9-15;/h5-9,14,16H,4,10-13H2,1-3H3,(H,19,22)(H,20,23)(H2,21,24,25);/q;+1/p-1/t16-;/m0./s1. The SMILES string of the molecule is CC[C@H](NP(=O)([O-])CNC(=O)OCc1ccccc1)C(=O)NCCC(C)C.[Li+]. The fraction of sp³-hybridized carbons (Fsp3) is 0.556. The second kappa shape index (κ2) is 13.8. The van der Waals surface area contributed by atoms with E-state index >= 15 is 0 Å². The van der Waals surface area contributed by atoms with Crippen LogP contribution in [0, 0.1) is 5.92 Å². The van der Waals surface area contributed by atoms with Crippen LogP contribution in [0.4, 0.5) is 4.79 Å². The quantitative estimate of drug-likeness (QED) is 0.320. The molecule has 0 spiro atoms. The van der Waals surface area contributed by atoms with Crippen LogP contribution in [0.3, 0.4) is 0 Å². The fourth-order valence-corrected chi connectivity index (χ4v) is 3.37. The molecule has 1 unspecified atom stereocenters. The van der Waals surface area contributed by atoms with Crippen molar-refractivity contribution in [1.82, 2.24) is 15.7 Å². The Morgan fingerprint density at radius 2 is 1.82 bits per heavy atom. The summed E-state index contributed by atoms with van der Waals surface area (Å²) in [6.07, 6.45) is -0.369. The minimum absolute atomic E-state index is 0. The van der Waals surface area contributed by atoms with Crippen LogP contribution in [0.25, 0.3) is 0 Å². The van der Waals surface area contributed by atoms with Gasteiger partial charge in [0.25, 0.3) is 0 Å². The molecule has 0 heterocycles.